The van der Waals surface area contributed by atoms with E-state index >= 15 is 0 Å². The van der Waals surface area contributed by atoms with E-state index in [0.29, 0.717) is 5.56 Å². The SMILES string of the molecule is C.C=O.CCC.CCC(F)(F)F.CCc1ccccc1.FC(F)(F)Cc1ccccc1. The Morgan fingerprint density at radius 3 is 1.13 bits per heavy atom. The molecule has 2 aromatic rings. The van der Waals surface area contributed by atoms with Crippen molar-refractivity contribution in [2.45, 2.75) is 73.2 Å². The molecule has 0 bridgehead atoms. The molecule has 0 radical (unpaired) electrons. The molecule has 0 saturated carbocycles. The summed E-state index contributed by atoms with van der Waals surface area (Å²) >= 11 is 0. The molecule has 0 amide bonds. The molecule has 0 heterocycles. The Hall–Kier alpha value is -2.31. The van der Waals surface area contributed by atoms with Crippen molar-refractivity contribution >= 4 is 6.79 Å². The van der Waals surface area contributed by atoms with Gasteiger partial charge in [-0.3, -0.25) is 0 Å². The molecule has 0 atom stereocenters. The number of carbonyl (C=O) groups is 1. The summed E-state index contributed by atoms with van der Waals surface area (Å²) in [5.74, 6) is 0. The van der Waals surface area contributed by atoms with Crippen LogP contribution in [-0.4, -0.2) is 19.1 Å². The molecular formula is C24H36F6O. The normalized spacial score (nSPS) is 9.48. The van der Waals surface area contributed by atoms with Gasteiger partial charge in [0.05, 0.1) is 6.42 Å². The molecule has 0 fully saturated rings. The summed E-state index contributed by atoms with van der Waals surface area (Å²) in [5, 5.41) is 0. The molecule has 0 unspecified atom stereocenters. The Labute approximate surface area is 183 Å². The second-order valence-corrected chi connectivity index (χ2v) is 5.79. The van der Waals surface area contributed by atoms with Crippen molar-refractivity contribution in [3.8, 4) is 0 Å². The number of alkyl halides is 6. The fourth-order valence-corrected chi connectivity index (χ4v) is 1.54. The number of rotatable bonds is 2. The highest BCUT2D eigenvalue weighted by atomic mass is 19.4. The first kappa shape index (κ1) is 36.1. The van der Waals surface area contributed by atoms with Gasteiger partial charge in [-0.15, -0.1) is 0 Å². The first-order chi connectivity index (χ1) is 14.0. The summed E-state index contributed by atoms with van der Waals surface area (Å²) in [4.78, 5) is 8.00. The van der Waals surface area contributed by atoms with Crippen molar-refractivity contribution < 1.29 is 31.1 Å². The van der Waals surface area contributed by atoms with Crippen molar-refractivity contribution in [3.63, 3.8) is 0 Å². The van der Waals surface area contributed by atoms with Crippen LogP contribution in [0.2, 0.25) is 0 Å². The summed E-state index contributed by atoms with van der Waals surface area (Å²) in [7, 11) is 0. The molecular weight excluding hydrogens is 418 g/mol. The highest BCUT2D eigenvalue weighted by molar-refractivity contribution is 5.15. The van der Waals surface area contributed by atoms with Crippen molar-refractivity contribution in [3.05, 3.63) is 71.8 Å². The molecule has 180 valence electrons. The van der Waals surface area contributed by atoms with E-state index in [1.165, 1.54) is 24.1 Å². The molecule has 0 aromatic heterocycles. The van der Waals surface area contributed by atoms with Gasteiger partial charge in [0, 0.05) is 6.42 Å². The predicted octanol–water partition coefficient (Wildman–Crippen LogP) is 8.87. The average molecular weight is 455 g/mol. The van der Waals surface area contributed by atoms with E-state index in [-0.39, 0.29) is 7.43 Å². The zero-order chi connectivity index (χ0) is 24.1. The Bertz CT molecular complexity index is 581. The van der Waals surface area contributed by atoms with E-state index in [4.69, 9.17) is 4.79 Å². The molecule has 0 saturated heterocycles. The van der Waals surface area contributed by atoms with Gasteiger partial charge < -0.3 is 4.79 Å². The minimum atomic E-state index is -4.10. The van der Waals surface area contributed by atoms with Gasteiger partial charge in [0.1, 0.15) is 6.79 Å². The topological polar surface area (TPSA) is 17.1 Å². The molecule has 7 heteroatoms. The summed E-state index contributed by atoms with van der Waals surface area (Å²) in [6.45, 7) is 9.50. The first-order valence-corrected chi connectivity index (χ1v) is 9.49. The van der Waals surface area contributed by atoms with Gasteiger partial charge in [-0.1, -0.05) is 102 Å². The van der Waals surface area contributed by atoms with E-state index in [9.17, 15) is 26.3 Å². The lowest BCUT2D eigenvalue weighted by Gasteiger charge is -2.04. The van der Waals surface area contributed by atoms with Crippen LogP contribution in [0.15, 0.2) is 60.7 Å². The minimum absolute atomic E-state index is 0. The smallest absolute Gasteiger partial charge is 0.307 e. The van der Waals surface area contributed by atoms with E-state index in [1.54, 1.807) is 18.2 Å². The lowest BCUT2D eigenvalue weighted by molar-refractivity contribution is -0.130. The highest BCUT2D eigenvalue weighted by Crippen LogP contribution is 2.20. The molecule has 0 aliphatic heterocycles. The van der Waals surface area contributed by atoms with E-state index in [2.05, 4.69) is 45.0 Å². The van der Waals surface area contributed by atoms with Crippen LogP contribution >= 0.6 is 0 Å². The second kappa shape index (κ2) is 22.4. The molecule has 0 aliphatic carbocycles. The Balaban J connectivity index is -0.000000163. The van der Waals surface area contributed by atoms with Gasteiger partial charge in [-0.25, -0.2) is 0 Å². The number of halogens is 6. The van der Waals surface area contributed by atoms with E-state index in [0.717, 1.165) is 13.3 Å². The van der Waals surface area contributed by atoms with Crippen LogP contribution < -0.4 is 0 Å². The third-order valence-electron chi connectivity index (χ3n) is 2.90. The highest BCUT2D eigenvalue weighted by Gasteiger charge is 2.27. The van der Waals surface area contributed by atoms with Crippen molar-refractivity contribution in [2.24, 2.45) is 0 Å². The molecule has 2 rings (SSSR count). The van der Waals surface area contributed by atoms with Crippen molar-refractivity contribution in [1.82, 2.24) is 0 Å². The average Bonchev–Trinajstić information content (AvgIpc) is 2.71. The van der Waals surface area contributed by atoms with Gasteiger partial charge in [0.2, 0.25) is 0 Å². The Morgan fingerprint density at radius 1 is 0.645 bits per heavy atom. The van der Waals surface area contributed by atoms with Crippen LogP contribution in [-0.2, 0) is 17.6 Å². The van der Waals surface area contributed by atoms with Crippen LogP contribution in [0.5, 0.6) is 0 Å². The van der Waals surface area contributed by atoms with Crippen LogP contribution in [0.4, 0.5) is 26.3 Å². The summed E-state index contributed by atoms with van der Waals surface area (Å²) in [6, 6.07) is 18.3. The van der Waals surface area contributed by atoms with Gasteiger partial charge in [0.15, 0.2) is 0 Å². The van der Waals surface area contributed by atoms with Gasteiger partial charge in [-0.2, -0.15) is 26.3 Å². The third kappa shape index (κ3) is 32.6. The molecule has 0 spiro atoms. The van der Waals surface area contributed by atoms with Crippen molar-refractivity contribution in [1.29, 1.82) is 0 Å². The van der Waals surface area contributed by atoms with E-state index in [1.807, 2.05) is 12.9 Å². The van der Waals surface area contributed by atoms with E-state index < -0.39 is 25.2 Å². The molecule has 0 N–H and O–H groups in total. The molecule has 2 aromatic carbocycles. The minimum Gasteiger partial charge on any atom is -0.307 e. The van der Waals surface area contributed by atoms with Crippen LogP contribution in [0.1, 0.15) is 59.1 Å². The monoisotopic (exact) mass is 454 g/mol. The fraction of sp³-hybridized carbons (Fsp3) is 0.458. The number of hydrogen-bond acceptors (Lipinski definition) is 1. The molecule has 1 nitrogen and oxygen atoms in total. The number of aryl methyl sites for hydroxylation is 1. The van der Waals surface area contributed by atoms with Crippen LogP contribution in [0, 0.1) is 0 Å². The maximum Gasteiger partial charge on any atom is 0.393 e. The second-order valence-electron chi connectivity index (χ2n) is 5.79. The predicted molar refractivity (Wildman–Crippen MR) is 118 cm³/mol. The van der Waals surface area contributed by atoms with Gasteiger partial charge in [-0.05, 0) is 17.5 Å². The van der Waals surface area contributed by atoms with Crippen LogP contribution in [0.3, 0.4) is 0 Å². The maximum atomic E-state index is 11.7. The fourth-order valence-electron chi connectivity index (χ4n) is 1.54. The summed E-state index contributed by atoms with van der Waals surface area (Å²) in [6.07, 6.45) is -7.23. The molecule has 31 heavy (non-hydrogen) atoms. The zero-order valence-electron chi connectivity index (χ0n) is 18.0. The number of hydrogen-bond donors (Lipinski definition) is 0. The standard InChI is InChI=1S/C8H7F3.C8H10.C3H5F3.C3H8.CH2O.CH4/c9-8(10,11)6-7-4-2-1-3-5-7;1-2-8-6-4-3-5-7-8;1-2-3(4,5)6;1-3-2;1-2;/h1-5H,6H2;3-7H,2H2,1H3;2H2,1H3;3H2,1-2H3;1H2;1H4. The quantitative estimate of drug-likeness (QED) is 0.414. The summed E-state index contributed by atoms with van der Waals surface area (Å²) < 4.78 is 67.6. The zero-order valence-corrected chi connectivity index (χ0v) is 18.0. The lowest BCUT2D eigenvalue weighted by Crippen LogP contribution is -2.11. The largest absolute Gasteiger partial charge is 0.393 e. The summed E-state index contributed by atoms with van der Waals surface area (Å²) in [5.41, 5.74) is 1.72. The number of benzene rings is 2. The van der Waals surface area contributed by atoms with Gasteiger partial charge in [0.25, 0.3) is 0 Å². The Morgan fingerprint density at radius 2 is 0.935 bits per heavy atom. The molecule has 0 aliphatic rings. The van der Waals surface area contributed by atoms with Crippen LogP contribution in [0.25, 0.3) is 0 Å². The van der Waals surface area contributed by atoms with Crippen molar-refractivity contribution in [2.75, 3.05) is 0 Å². The first-order valence-electron chi connectivity index (χ1n) is 9.49. The third-order valence-corrected chi connectivity index (χ3v) is 2.90. The maximum absolute atomic E-state index is 11.7. The Kier molecular flexibility index (Phi) is 26.0. The number of carbonyl (C=O) groups excluding carboxylic acids is 1. The lowest BCUT2D eigenvalue weighted by atomic mass is 10.1. The van der Waals surface area contributed by atoms with Gasteiger partial charge >= 0.3 is 12.4 Å².